The standard InChI is InChI=1S/C23H25NO3/c1-5-21(25)27-24-15(4)22(26)16-12-13-18-17-10-8-9-11-19(17)23(6-2,7-3)20(18)14-16/h8-14H,5-7H2,1-4H3/b24-15+. The van der Waals surface area contributed by atoms with Crippen molar-refractivity contribution in [1.29, 1.82) is 0 Å². The van der Waals surface area contributed by atoms with Crippen molar-refractivity contribution in [3.8, 4) is 11.1 Å². The molecule has 1 aliphatic rings. The van der Waals surface area contributed by atoms with Gasteiger partial charge in [0.2, 0.25) is 5.78 Å². The fraction of sp³-hybridized carbons (Fsp3) is 0.348. The number of nitrogens with zero attached hydrogens (tertiary/aromatic N) is 1. The monoisotopic (exact) mass is 363 g/mol. The average Bonchev–Trinajstić information content (AvgIpc) is 3.00. The first-order valence-corrected chi connectivity index (χ1v) is 9.52. The zero-order valence-corrected chi connectivity index (χ0v) is 16.3. The van der Waals surface area contributed by atoms with E-state index in [-0.39, 0.29) is 23.3 Å². The number of hydrogen-bond acceptors (Lipinski definition) is 4. The van der Waals surface area contributed by atoms with Crippen molar-refractivity contribution in [2.45, 2.75) is 52.4 Å². The lowest BCUT2D eigenvalue weighted by molar-refractivity contribution is -0.143. The molecule has 27 heavy (non-hydrogen) atoms. The number of ketones is 1. The molecule has 0 unspecified atom stereocenters. The van der Waals surface area contributed by atoms with Gasteiger partial charge in [0.1, 0.15) is 5.71 Å². The van der Waals surface area contributed by atoms with Gasteiger partial charge in [0.15, 0.2) is 0 Å². The highest BCUT2D eigenvalue weighted by molar-refractivity contribution is 6.45. The lowest BCUT2D eigenvalue weighted by atomic mass is 9.73. The van der Waals surface area contributed by atoms with Crippen LogP contribution in [0.2, 0.25) is 0 Å². The number of carbonyl (C=O) groups excluding carboxylic acids is 2. The summed E-state index contributed by atoms with van der Waals surface area (Å²) in [6.07, 6.45) is 2.15. The van der Waals surface area contributed by atoms with Gasteiger partial charge in [-0.3, -0.25) is 4.79 Å². The fourth-order valence-corrected chi connectivity index (χ4v) is 4.04. The lowest BCUT2D eigenvalue weighted by Crippen LogP contribution is -2.23. The number of carbonyl (C=O) groups is 2. The van der Waals surface area contributed by atoms with Crippen LogP contribution in [0.25, 0.3) is 11.1 Å². The van der Waals surface area contributed by atoms with E-state index in [0.717, 1.165) is 12.8 Å². The zero-order valence-electron chi connectivity index (χ0n) is 16.3. The molecule has 0 bridgehead atoms. The van der Waals surface area contributed by atoms with Crippen LogP contribution in [0.1, 0.15) is 68.4 Å². The SMILES string of the molecule is CCC(=O)O/N=C(\C)C(=O)c1ccc2c(c1)C(CC)(CC)c1ccccc1-2. The van der Waals surface area contributed by atoms with Crippen molar-refractivity contribution >= 4 is 17.5 Å². The molecule has 0 heterocycles. The quantitative estimate of drug-likeness (QED) is 0.303. The highest BCUT2D eigenvalue weighted by Gasteiger charge is 2.40. The summed E-state index contributed by atoms with van der Waals surface area (Å²) in [7, 11) is 0. The van der Waals surface area contributed by atoms with Gasteiger partial charge in [-0.2, -0.15) is 0 Å². The van der Waals surface area contributed by atoms with Crippen LogP contribution in [-0.4, -0.2) is 17.5 Å². The van der Waals surface area contributed by atoms with Crippen LogP contribution < -0.4 is 0 Å². The van der Waals surface area contributed by atoms with E-state index in [1.807, 2.05) is 18.2 Å². The minimum Gasteiger partial charge on any atom is -0.318 e. The second kappa shape index (κ2) is 7.47. The summed E-state index contributed by atoms with van der Waals surface area (Å²) < 4.78 is 0. The molecule has 0 spiro atoms. The molecule has 0 aromatic heterocycles. The molecule has 0 aliphatic heterocycles. The summed E-state index contributed by atoms with van der Waals surface area (Å²) in [5.74, 6) is -0.679. The Hall–Kier alpha value is -2.75. The molecule has 1 aliphatic carbocycles. The van der Waals surface area contributed by atoms with E-state index in [9.17, 15) is 9.59 Å². The first-order chi connectivity index (χ1) is 13.0. The van der Waals surface area contributed by atoms with Gasteiger partial charge in [0, 0.05) is 17.4 Å². The minimum atomic E-state index is -0.456. The molecule has 140 valence electrons. The van der Waals surface area contributed by atoms with Crippen LogP contribution in [0.4, 0.5) is 0 Å². The van der Waals surface area contributed by atoms with Gasteiger partial charge < -0.3 is 4.84 Å². The summed E-state index contributed by atoms with van der Waals surface area (Å²) >= 11 is 0. The summed E-state index contributed by atoms with van der Waals surface area (Å²) in [5.41, 5.74) is 5.62. The van der Waals surface area contributed by atoms with Crippen LogP contribution in [0.5, 0.6) is 0 Å². The van der Waals surface area contributed by atoms with Crippen molar-refractivity contribution in [3.05, 3.63) is 59.2 Å². The molecule has 0 saturated carbocycles. The van der Waals surface area contributed by atoms with Gasteiger partial charge in [-0.1, -0.05) is 62.3 Å². The van der Waals surface area contributed by atoms with Gasteiger partial charge in [-0.05, 0) is 48.1 Å². The van der Waals surface area contributed by atoms with Crippen molar-refractivity contribution in [3.63, 3.8) is 0 Å². The third-order valence-corrected chi connectivity index (χ3v) is 5.64. The van der Waals surface area contributed by atoms with E-state index >= 15 is 0 Å². The predicted molar refractivity (Wildman–Crippen MR) is 107 cm³/mol. The summed E-state index contributed by atoms with van der Waals surface area (Å²) in [6.45, 7) is 7.64. The molecule has 0 N–H and O–H groups in total. The normalized spacial score (nSPS) is 14.4. The second-order valence-electron chi connectivity index (χ2n) is 6.92. The molecular weight excluding hydrogens is 338 g/mol. The van der Waals surface area contributed by atoms with Crippen molar-refractivity contribution in [2.75, 3.05) is 0 Å². The Kier molecular flexibility index (Phi) is 5.26. The largest absolute Gasteiger partial charge is 0.334 e. The molecule has 4 nitrogen and oxygen atoms in total. The van der Waals surface area contributed by atoms with Gasteiger partial charge in [0.25, 0.3) is 0 Å². The topological polar surface area (TPSA) is 55.7 Å². The third kappa shape index (κ3) is 3.09. The Bertz CT molecular complexity index is 923. The number of oxime groups is 1. The van der Waals surface area contributed by atoms with Gasteiger partial charge in [-0.25, -0.2) is 4.79 Å². The molecule has 0 amide bonds. The van der Waals surface area contributed by atoms with E-state index in [1.54, 1.807) is 13.8 Å². The van der Waals surface area contributed by atoms with Crippen molar-refractivity contribution < 1.29 is 14.4 Å². The Morgan fingerprint density at radius 2 is 1.63 bits per heavy atom. The summed E-state index contributed by atoms with van der Waals surface area (Å²) in [6, 6.07) is 14.3. The van der Waals surface area contributed by atoms with E-state index in [1.165, 1.54) is 22.3 Å². The molecule has 2 aromatic rings. The average molecular weight is 363 g/mol. The minimum absolute atomic E-state index is 0.0814. The van der Waals surface area contributed by atoms with Crippen LogP contribution in [-0.2, 0) is 15.0 Å². The van der Waals surface area contributed by atoms with E-state index in [4.69, 9.17) is 4.84 Å². The Morgan fingerprint density at radius 3 is 2.30 bits per heavy atom. The smallest absolute Gasteiger partial charge is 0.318 e. The van der Waals surface area contributed by atoms with Crippen LogP contribution in [0.15, 0.2) is 47.6 Å². The van der Waals surface area contributed by atoms with Crippen LogP contribution in [0.3, 0.4) is 0 Å². The van der Waals surface area contributed by atoms with Crippen molar-refractivity contribution in [2.24, 2.45) is 5.16 Å². The highest BCUT2D eigenvalue weighted by Crippen LogP contribution is 2.52. The van der Waals surface area contributed by atoms with Gasteiger partial charge in [-0.15, -0.1) is 0 Å². The Morgan fingerprint density at radius 1 is 0.963 bits per heavy atom. The molecule has 0 fully saturated rings. The Balaban J connectivity index is 2.04. The van der Waals surface area contributed by atoms with Crippen LogP contribution in [0, 0.1) is 0 Å². The second-order valence-corrected chi connectivity index (χ2v) is 6.92. The summed E-state index contributed by atoms with van der Waals surface area (Å²) in [5, 5.41) is 3.70. The molecule has 4 heteroatoms. The molecule has 2 aromatic carbocycles. The maximum absolute atomic E-state index is 12.8. The molecule has 3 rings (SSSR count). The van der Waals surface area contributed by atoms with Gasteiger partial charge >= 0.3 is 5.97 Å². The van der Waals surface area contributed by atoms with E-state index in [0.29, 0.717) is 5.56 Å². The molecule has 0 radical (unpaired) electrons. The zero-order chi connectivity index (χ0) is 19.6. The maximum atomic E-state index is 12.8. The predicted octanol–water partition coefficient (Wildman–Crippen LogP) is 5.28. The van der Waals surface area contributed by atoms with Gasteiger partial charge in [0.05, 0.1) is 0 Å². The number of benzene rings is 2. The molecular formula is C23H25NO3. The first kappa shape index (κ1) is 19.0. The Labute approximate surface area is 160 Å². The maximum Gasteiger partial charge on any atom is 0.334 e. The number of hydrogen-bond donors (Lipinski definition) is 0. The van der Waals surface area contributed by atoms with E-state index in [2.05, 4.69) is 43.3 Å². The highest BCUT2D eigenvalue weighted by atomic mass is 16.7. The van der Waals surface area contributed by atoms with Crippen LogP contribution >= 0.6 is 0 Å². The first-order valence-electron chi connectivity index (χ1n) is 9.52. The van der Waals surface area contributed by atoms with E-state index < -0.39 is 5.97 Å². The summed E-state index contributed by atoms with van der Waals surface area (Å²) in [4.78, 5) is 28.8. The number of Topliss-reactive ketones (excluding diaryl/α,β-unsaturated/α-hetero) is 1. The lowest BCUT2D eigenvalue weighted by Gasteiger charge is -2.29. The molecule has 0 saturated heterocycles. The third-order valence-electron chi connectivity index (χ3n) is 5.64. The fourth-order valence-electron chi connectivity index (χ4n) is 4.04. The van der Waals surface area contributed by atoms with Crippen molar-refractivity contribution in [1.82, 2.24) is 0 Å². The number of fused-ring (bicyclic) bond motifs is 3. The molecule has 0 atom stereocenters. The number of rotatable bonds is 6.